The van der Waals surface area contributed by atoms with Gasteiger partial charge in [-0.05, 0) is 34.1 Å². The SMILES string of the molecule is O=C(O)c1ccc(Br)c(NNF)c1. The van der Waals surface area contributed by atoms with Crippen LogP contribution in [0.15, 0.2) is 22.7 Å². The predicted molar refractivity (Wildman–Crippen MR) is 49.0 cm³/mol. The third kappa shape index (κ3) is 2.40. The van der Waals surface area contributed by atoms with Crippen LogP contribution in [0.25, 0.3) is 0 Å². The molecule has 4 nitrogen and oxygen atoms in total. The van der Waals surface area contributed by atoms with Crippen molar-refractivity contribution in [3.63, 3.8) is 0 Å². The molecule has 0 amide bonds. The summed E-state index contributed by atoms with van der Waals surface area (Å²) in [5.41, 5.74) is 3.77. The van der Waals surface area contributed by atoms with Gasteiger partial charge in [0.05, 0.1) is 11.3 Å². The Labute approximate surface area is 81.8 Å². The fourth-order valence-electron chi connectivity index (χ4n) is 0.805. The minimum atomic E-state index is -1.06. The number of hydrazine groups is 1. The van der Waals surface area contributed by atoms with Crippen LogP contribution in [0.5, 0.6) is 0 Å². The quantitative estimate of drug-likeness (QED) is 0.566. The van der Waals surface area contributed by atoms with E-state index in [1.165, 1.54) is 23.8 Å². The molecule has 0 atom stereocenters. The fraction of sp³-hybridized carbons (Fsp3) is 0. The van der Waals surface area contributed by atoms with E-state index in [0.717, 1.165) is 0 Å². The molecule has 6 heteroatoms. The van der Waals surface area contributed by atoms with Gasteiger partial charge in [-0.15, -0.1) is 4.48 Å². The summed E-state index contributed by atoms with van der Waals surface area (Å²) in [4.78, 5) is 10.5. The summed E-state index contributed by atoms with van der Waals surface area (Å²) < 4.78 is 12.2. The minimum absolute atomic E-state index is 0.0842. The van der Waals surface area contributed by atoms with E-state index in [0.29, 0.717) is 10.2 Å². The average molecular weight is 249 g/mol. The Morgan fingerprint density at radius 1 is 1.54 bits per heavy atom. The fourth-order valence-corrected chi connectivity index (χ4v) is 1.15. The molecule has 1 rings (SSSR count). The first-order valence-corrected chi connectivity index (χ1v) is 4.09. The van der Waals surface area contributed by atoms with Gasteiger partial charge in [-0.1, -0.05) is 5.65 Å². The summed E-state index contributed by atoms with van der Waals surface area (Å²) in [6.07, 6.45) is 0. The number of nitrogens with one attached hydrogen (secondary N) is 2. The number of benzene rings is 1. The zero-order valence-electron chi connectivity index (χ0n) is 6.34. The molecule has 3 N–H and O–H groups in total. The Morgan fingerprint density at radius 2 is 2.23 bits per heavy atom. The molecule has 1 aromatic rings. The van der Waals surface area contributed by atoms with Gasteiger partial charge in [0.15, 0.2) is 0 Å². The van der Waals surface area contributed by atoms with Crippen LogP contribution >= 0.6 is 15.9 Å². The van der Waals surface area contributed by atoms with Gasteiger partial charge in [0.1, 0.15) is 0 Å². The number of carbonyl (C=O) groups is 1. The maximum atomic E-state index is 11.7. The molecule has 0 spiro atoms. The van der Waals surface area contributed by atoms with Crippen LogP contribution in [-0.2, 0) is 0 Å². The Hall–Kier alpha value is -1.14. The minimum Gasteiger partial charge on any atom is -0.478 e. The van der Waals surface area contributed by atoms with Gasteiger partial charge in [-0.3, -0.25) is 5.43 Å². The second-order valence-electron chi connectivity index (χ2n) is 2.22. The number of carboxylic acids is 1. The lowest BCUT2D eigenvalue weighted by Gasteiger charge is -2.05. The molecule has 13 heavy (non-hydrogen) atoms. The number of hydrogen-bond acceptors (Lipinski definition) is 3. The van der Waals surface area contributed by atoms with Crippen molar-refractivity contribution >= 4 is 27.6 Å². The third-order valence-electron chi connectivity index (χ3n) is 1.40. The van der Waals surface area contributed by atoms with Gasteiger partial charge >= 0.3 is 5.97 Å². The Morgan fingerprint density at radius 3 is 2.77 bits per heavy atom. The zero-order valence-corrected chi connectivity index (χ0v) is 7.93. The third-order valence-corrected chi connectivity index (χ3v) is 2.09. The summed E-state index contributed by atoms with van der Waals surface area (Å²) in [6.45, 7) is 0. The average Bonchev–Trinajstić information content (AvgIpc) is 2.08. The van der Waals surface area contributed by atoms with Crippen molar-refractivity contribution in [2.24, 2.45) is 0 Å². The second kappa shape index (κ2) is 4.20. The molecule has 0 heterocycles. The molecular formula is C7H6BrFN2O2. The van der Waals surface area contributed by atoms with Crippen molar-refractivity contribution in [1.82, 2.24) is 5.65 Å². The van der Waals surface area contributed by atoms with Gasteiger partial charge < -0.3 is 5.11 Å². The van der Waals surface area contributed by atoms with E-state index in [9.17, 15) is 9.28 Å². The van der Waals surface area contributed by atoms with Crippen LogP contribution in [-0.4, -0.2) is 11.1 Å². The molecule has 1 aromatic carbocycles. The highest BCUT2D eigenvalue weighted by Gasteiger charge is 2.05. The monoisotopic (exact) mass is 248 g/mol. The molecule has 0 saturated heterocycles. The molecule has 0 bridgehead atoms. The smallest absolute Gasteiger partial charge is 0.335 e. The van der Waals surface area contributed by atoms with E-state index in [4.69, 9.17) is 5.11 Å². The van der Waals surface area contributed by atoms with Crippen molar-refractivity contribution in [1.29, 1.82) is 0 Å². The standard InChI is InChI=1S/C7H6BrFN2O2/c8-5-2-1-4(7(12)13)3-6(5)10-11-9/h1-3,10-11H,(H,12,13). The summed E-state index contributed by atoms with van der Waals surface area (Å²) in [7, 11) is 0. The predicted octanol–water partition coefficient (Wildman–Crippen LogP) is 1.95. The first kappa shape index (κ1) is 9.94. The lowest BCUT2D eigenvalue weighted by Crippen LogP contribution is -2.11. The van der Waals surface area contributed by atoms with E-state index >= 15 is 0 Å². The van der Waals surface area contributed by atoms with Gasteiger partial charge in [-0.25, -0.2) is 4.79 Å². The van der Waals surface area contributed by atoms with Gasteiger partial charge in [0, 0.05) is 4.47 Å². The van der Waals surface area contributed by atoms with Crippen molar-refractivity contribution in [3.05, 3.63) is 28.2 Å². The number of anilines is 1. The van der Waals surface area contributed by atoms with E-state index in [1.54, 1.807) is 0 Å². The molecule has 0 radical (unpaired) electrons. The zero-order chi connectivity index (χ0) is 9.84. The van der Waals surface area contributed by atoms with E-state index in [1.807, 2.05) is 0 Å². The van der Waals surface area contributed by atoms with E-state index in [-0.39, 0.29) is 5.56 Å². The summed E-state index contributed by atoms with van der Waals surface area (Å²) in [5.74, 6) is -1.06. The molecule has 0 saturated carbocycles. The number of halogens is 2. The first-order valence-electron chi connectivity index (χ1n) is 3.29. The number of carboxylic acid groups (broad SMARTS) is 1. The molecule has 0 aliphatic rings. The topological polar surface area (TPSA) is 61.4 Å². The lowest BCUT2D eigenvalue weighted by atomic mass is 10.2. The number of rotatable bonds is 3. The summed E-state index contributed by atoms with van der Waals surface area (Å²) in [6, 6.07) is 4.23. The molecule has 0 aliphatic heterocycles. The first-order chi connectivity index (χ1) is 6.15. The second-order valence-corrected chi connectivity index (χ2v) is 3.07. The lowest BCUT2D eigenvalue weighted by molar-refractivity contribution is 0.0697. The highest BCUT2D eigenvalue weighted by atomic mass is 79.9. The van der Waals surface area contributed by atoms with Crippen LogP contribution in [0, 0.1) is 0 Å². The van der Waals surface area contributed by atoms with Crippen molar-refractivity contribution in [2.75, 3.05) is 5.43 Å². The van der Waals surface area contributed by atoms with Gasteiger partial charge in [0.25, 0.3) is 0 Å². The normalized spacial score (nSPS) is 9.69. The highest BCUT2D eigenvalue weighted by molar-refractivity contribution is 9.10. The maximum Gasteiger partial charge on any atom is 0.335 e. The number of aromatic carboxylic acids is 1. The highest BCUT2D eigenvalue weighted by Crippen LogP contribution is 2.22. The molecule has 0 aromatic heterocycles. The van der Waals surface area contributed by atoms with Crippen LogP contribution in [0.3, 0.4) is 0 Å². The molecule has 70 valence electrons. The van der Waals surface area contributed by atoms with Crippen molar-refractivity contribution < 1.29 is 14.4 Å². The number of hydrogen-bond donors (Lipinski definition) is 3. The van der Waals surface area contributed by atoms with E-state index in [2.05, 4.69) is 21.4 Å². The van der Waals surface area contributed by atoms with Crippen LogP contribution in [0.4, 0.5) is 10.2 Å². The Balaban J connectivity index is 3.03. The largest absolute Gasteiger partial charge is 0.478 e. The molecular weight excluding hydrogens is 243 g/mol. The van der Waals surface area contributed by atoms with Crippen LogP contribution < -0.4 is 11.1 Å². The van der Waals surface area contributed by atoms with Crippen molar-refractivity contribution in [3.8, 4) is 0 Å². The van der Waals surface area contributed by atoms with Crippen molar-refractivity contribution in [2.45, 2.75) is 0 Å². The van der Waals surface area contributed by atoms with Crippen LogP contribution in [0.1, 0.15) is 10.4 Å². The molecule has 0 fully saturated rings. The van der Waals surface area contributed by atoms with E-state index < -0.39 is 5.97 Å². The molecule has 0 unspecified atom stereocenters. The Kier molecular flexibility index (Phi) is 3.21. The van der Waals surface area contributed by atoms with Crippen LogP contribution in [0.2, 0.25) is 0 Å². The maximum absolute atomic E-state index is 11.7. The summed E-state index contributed by atoms with van der Waals surface area (Å²) >= 11 is 3.12. The summed E-state index contributed by atoms with van der Waals surface area (Å²) in [5, 5.41) is 8.61. The Bertz CT molecular complexity index is 332. The van der Waals surface area contributed by atoms with Gasteiger partial charge in [-0.2, -0.15) is 0 Å². The molecule has 0 aliphatic carbocycles. The van der Waals surface area contributed by atoms with Gasteiger partial charge in [0.2, 0.25) is 0 Å².